The number of hydrogen-bond acceptors (Lipinski definition) is 7. The maximum atomic E-state index is 13.3. The van der Waals surface area contributed by atoms with Gasteiger partial charge in [-0.05, 0) is 19.3 Å². The Labute approximate surface area is 377 Å². The number of quaternary nitrogens is 1. The van der Waals surface area contributed by atoms with Crippen molar-refractivity contribution in [3.63, 3.8) is 0 Å². The van der Waals surface area contributed by atoms with Crippen molar-refractivity contribution in [2.45, 2.75) is 276 Å². The monoisotopic (exact) mass is 872 g/mol. The third-order valence-corrected chi connectivity index (χ3v) is 12.0. The van der Waals surface area contributed by atoms with Crippen molar-refractivity contribution in [1.29, 1.82) is 0 Å². The minimum Gasteiger partial charge on any atom is -1.00 e. The third kappa shape index (κ3) is 34.1. The Balaban J connectivity index is 0.0000348. The van der Waals surface area contributed by atoms with E-state index < -0.39 is 24.4 Å². The number of hydrogen-bond donors (Lipinski definition) is 0. The van der Waals surface area contributed by atoms with Gasteiger partial charge in [0.25, 0.3) is 0 Å². The molecule has 0 unspecified atom stereocenters. The molecule has 0 N–H and O–H groups in total. The Morgan fingerprint density at radius 3 is 1.10 bits per heavy atom. The van der Waals surface area contributed by atoms with Crippen LogP contribution in [0.2, 0.25) is 0 Å². The van der Waals surface area contributed by atoms with Crippen LogP contribution in [0.15, 0.2) is 0 Å². The van der Waals surface area contributed by atoms with Crippen LogP contribution in [0, 0.1) is 0 Å². The smallest absolute Gasteiger partial charge is 0.306 e. The summed E-state index contributed by atoms with van der Waals surface area (Å²) in [4.78, 5) is 39.8. The molecule has 0 aromatic carbocycles. The van der Waals surface area contributed by atoms with Gasteiger partial charge < -0.3 is 35.8 Å². The first kappa shape index (κ1) is 58.6. The predicted molar refractivity (Wildman–Crippen MR) is 246 cm³/mol. The van der Waals surface area contributed by atoms with Gasteiger partial charge in [-0.1, -0.05) is 213 Å². The SMILES string of the molecule is CCCCCCCCCCCCCC(=O)O[C@H]1[C@@H]([C@@H](C[N+](C)(C)C)OC(=O)CCCCCCCCCCCCC)OC[C@@H]1OC(=O)CCCCCCCCCCCCC.[Cl-]. The van der Waals surface area contributed by atoms with Gasteiger partial charge in [-0.3, -0.25) is 14.4 Å². The molecule has 8 nitrogen and oxygen atoms in total. The fraction of sp³-hybridized carbons (Fsp3) is 0.941. The first-order valence-corrected chi connectivity index (χ1v) is 25.6. The van der Waals surface area contributed by atoms with Crippen LogP contribution >= 0.6 is 0 Å². The molecule has 0 aromatic rings. The molecule has 1 aliphatic rings. The fourth-order valence-corrected chi connectivity index (χ4v) is 8.39. The minimum atomic E-state index is -0.817. The lowest BCUT2D eigenvalue weighted by Gasteiger charge is -2.33. The normalized spacial score (nSPS) is 17.0. The molecule has 0 aromatic heterocycles. The van der Waals surface area contributed by atoms with Crippen LogP contribution in [-0.2, 0) is 33.3 Å². The third-order valence-electron chi connectivity index (χ3n) is 12.0. The van der Waals surface area contributed by atoms with Crippen LogP contribution < -0.4 is 12.4 Å². The number of carbonyl (C=O) groups excluding carboxylic acids is 3. The lowest BCUT2D eigenvalue weighted by Crippen LogP contribution is -3.00. The minimum absolute atomic E-state index is 0. The van der Waals surface area contributed by atoms with Crippen molar-refractivity contribution in [3.8, 4) is 0 Å². The average Bonchev–Trinajstić information content (AvgIpc) is 3.58. The molecule has 1 heterocycles. The zero-order chi connectivity index (χ0) is 43.2. The summed E-state index contributed by atoms with van der Waals surface area (Å²) in [6.07, 6.45) is 38.2. The molecule has 1 rings (SSSR count). The van der Waals surface area contributed by atoms with E-state index in [-0.39, 0.29) is 36.9 Å². The molecule has 0 saturated carbocycles. The summed E-state index contributed by atoms with van der Waals surface area (Å²) in [6, 6.07) is 0. The molecule has 0 bridgehead atoms. The zero-order valence-corrected chi connectivity index (χ0v) is 41.1. The summed E-state index contributed by atoms with van der Waals surface area (Å²) >= 11 is 0. The second-order valence-corrected chi connectivity index (χ2v) is 19.1. The molecule has 60 heavy (non-hydrogen) atoms. The topological polar surface area (TPSA) is 88.1 Å². The summed E-state index contributed by atoms with van der Waals surface area (Å²) < 4.78 is 25.1. The van der Waals surface area contributed by atoms with E-state index in [1.54, 1.807) is 0 Å². The van der Waals surface area contributed by atoms with E-state index in [1.807, 2.05) is 0 Å². The molecule has 0 spiro atoms. The van der Waals surface area contributed by atoms with Crippen molar-refractivity contribution in [2.24, 2.45) is 0 Å². The predicted octanol–water partition coefficient (Wildman–Crippen LogP) is 10.9. The van der Waals surface area contributed by atoms with Gasteiger partial charge >= 0.3 is 17.9 Å². The van der Waals surface area contributed by atoms with Crippen molar-refractivity contribution in [3.05, 3.63) is 0 Å². The molecule has 1 saturated heterocycles. The maximum Gasteiger partial charge on any atom is 0.306 e. The Kier molecular flexibility index (Phi) is 39.5. The zero-order valence-electron chi connectivity index (χ0n) is 40.4. The number of halogens is 1. The number of carbonyl (C=O) groups is 3. The van der Waals surface area contributed by atoms with E-state index in [1.165, 1.54) is 154 Å². The molecular weight excluding hydrogens is 774 g/mol. The highest BCUT2D eigenvalue weighted by molar-refractivity contribution is 5.71. The van der Waals surface area contributed by atoms with Crippen molar-refractivity contribution in [2.75, 3.05) is 34.3 Å². The number of unbranched alkanes of at least 4 members (excludes halogenated alkanes) is 30. The second kappa shape index (κ2) is 40.4. The van der Waals surface area contributed by atoms with Crippen LogP contribution in [0.4, 0.5) is 0 Å². The molecule has 356 valence electrons. The van der Waals surface area contributed by atoms with Crippen LogP contribution in [0.3, 0.4) is 0 Å². The van der Waals surface area contributed by atoms with Gasteiger partial charge in [-0.25, -0.2) is 0 Å². The largest absolute Gasteiger partial charge is 1.00 e. The van der Waals surface area contributed by atoms with Gasteiger partial charge in [0.2, 0.25) is 0 Å². The van der Waals surface area contributed by atoms with Crippen LogP contribution in [0.5, 0.6) is 0 Å². The fourth-order valence-electron chi connectivity index (χ4n) is 8.39. The van der Waals surface area contributed by atoms with Gasteiger partial charge in [0.1, 0.15) is 12.6 Å². The molecule has 9 heteroatoms. The maximum absolute atomic E-state index is 13.3. The Hall–Kier alpha value is -1.38. The highest BCUT2D eigenvalue weighted by Gasteiger charge is 2.49. The molecule has 4 atom stereocenters. The van der Waals surface area contributed by atoms with E-state index in [0.717, 1.165) is 57.8 Å². The number of nitrogens with zero attached hydrogens (tertiary/aromatic N) is 1. The van der Waals surface area contributed by atoms with Gasteiger partial charge in [-0.15, -0.1) is 0 Å². The Morgan fingerprint density at radius 2 is 0.767 bits per heavy atom. The summed E-state index contributed by atoms with van der Waals surface area (Å²) in [6.45, 7) is 7.37. The number of esters is 3. The van der Waals surface area contributed by atoms with E-state index in [4.69, 9.17) is 18.9 Å². The standard InChI is InChI=1S/C51H98NO7.ClH/c1-7-10-13-16-19-22-25-28-31-34-37-40-47(53)57-45(43-52(4,5)6)50-51(59-49(55)42-39-36-33-30-27-24-21-18-15-12-9-3)46(44-56-50)58-48(54)41-38-35-32-29-26-23-20-17-14-11-8-2;/h45-46,50-51H,7-44H2,1-6H3;1H/q+1;/p-1/t45-,46+,50-,51-;/m1./s1. The number of likely N-dealkylation sites (N-methyl/N-ethyl adjacent to an activating group) is 1. The molecular formula is C51H98ClNO7. The molecule has 0 radical (unpaired) electrons. The summed E-state index contributed by atoms with van der Waals surface area (Å²) in [5.41, 5.74) is 0. The van der Waals surface area contributed by atoms with Crippen molar-refractivity contribution in [1.82, 2.24) is 0 Å². The van der Waals surface area contributed by atoms with Crippen molar-refractivity contribution >= 4 is 17.9 Å². The molecule has 1 aliphatic heterocycles. The Morgan fingerprint density at radius 1 is 0.467 bits per heavy atom. The Bertz CT molecular complexity index is 1000. The second-order valence-electron chi connectivity index (χ2n) is 19.1. The van der Waals surface area contributed by atoms with Gasteiger partial charge in [0.15, 0.2) is 18.3 Å². The first-order chi connectivity index (χ1) is 28.6. The number of rotatable bonds is 42. The highest BCUT2D eigenvalue weighted by Crippen LogP contribution is 2.28. The van der Waals surface area contributed by atoms with Gasteiger partial charge in [-0.2, -0.15) is 0 Å². The first-order valence-electron chi connectivity index (χ1n) is 25.6. The van der Waals surface area contributed by atoms with E-state index in [9.17, 15) is 14.4 Å². The molecule has 0 aliphatic carbocycles. The summed E-state index contributed by atoms with van der Waals surface area (Å²) in [7, 11) is 6.16. The van der Waals surface area contributed by atoms with Gasteiger partial charge in [0, 0.05) is 19.3 Å². The van der Waals surface area contributed by atoms with E-state index in [2.05, 4.69) is 41.9 Å². The van der Waals surface area contributed by atoms with E-state index >= 15 is 0 Å². The summed E-state index contributed by atoms with van der Waals surface area (Å²) in [5, 5.41) is 0. The number of ether oxygens (including phenoxy) is 4. The lowest BCUT2D eigenvalue weighted by atomic mass is 10.0. The highest BCUT2D eigenvalue weighted by atomic mass is 35.5. The van der Waals surface area contributed by atoms with Crippen LogP contribution in [0.25, 0.3) is 0 Å². The molecule has 0 amide bonds. The van der Waals surface area contributed by atoms with Crippen LogP contribution in [0.1, 0.15) is 252 Å². The van der Waals surface area contributed by atoms with E-state index in [0.29, 0.717) is 30.3 Å². The summed E-state index contributed by atoms with van der Waals surface area (Å²) in [5.74, 6) is -0.826. The van der Waals surface area contributed by atoms with Crippen molar-refractivity contribution < 1.29 is 50.2 Å². The van der Waals surface area contributed by atoms with Crippen LogP contribution in [-0.4, -0.2) is 81.1 Å². The quantitative estimate of drug-likeness (QED) is 0.0261. The average molecular weight is 873 g/mol. The van der Waals surface area contributed by atoms with Gasteiger partial charge in [0.05, 0.1) is 27.7 Å². The molecule has 1 fully saturated rings. The lowest BCUT2D eigenvalue weighted by molar-refractivity contribution is -0.873.